The van der Waals surface area contributed by atoms with Gasteiger partial charge in [-0.15, -0.1) is 0 Å². The molecular formula is C53H37N3O. The summed E-state index contributed by atoms with van der Waals surface area (Å²) in [6, 6.07) is 63.5. The van der Waals surface area contributed by atoms with Crippen molar-refractivity contribution in [2.24, 2.45) is 4.99 Å². The van der Waals surface area contributed by atoms with Crippen LogP contribution in [0.15, 0.2) is 191 Å². The molecule has 4 heteroatoms. The quantitative estimate of drug-likeness (QED) is 0.197. The van der Waals surface area contributed by atoms with Gasteiger partial charge in [0.25, 0.3) is 0 Å². The molecule has 1 N–H and O–H groups in total. The van der Waals surface area contributed by atoms with E-state index in [2.05, 4.69) is 188 Å². The molecule has 1 unspecified atom stereocenters. The number of fused-ring (bicyclic) bond motifs is 9. The molecule has 1 atom stereocenters. The van der Waals surface area contributed by atoms with Gasteiger partial charge in [-0.1, -0.05) is 147 Å². The van der Waals surface area contributed by atoms with Gasteiger partial charge in [-0.25, -0.2) is 4.99 Å². The zero-order valence-corrected chi connectivity index (χ0v) is 31.6. The zero-order chi connectivity index (χ0) is 37.8. The number of nitrogens with one attached hydrogen (secondary N) is 1. The number of hydrogen-bond donors (Lipinski definition) is 1. The maximum Gasteiger partial charge on any atom is 0.147 e. The molecule has 0 spiro atoms. The van der Waals surface area contributed by atoms with Gasteiger partial charge in [0.05, 0.1) is 16.7 Å². The molecule has 0 radical (unpaired) electrons. The van der Waals surface area contributed by atoms with Gasteiger partial charge in [-0.05, 0) is 86.6 Å². The Hall–Kier alpha value is -7.17. The largest absolute Gasteiger partial charge is 0.456 e. The smallest absolute Gasteiger partial charge is 0.147 e. The molecule has 4 nitrogen and oxygen atoms in total. The lowest BCUT2D eigenvalue weighted by molar-refractivity contribution is 0.621. The number of nitrogens with zero attached hydrogens (tertiary/aromatic N) is 2. The van der Waals surface area contributed by atoms with Gasteiger partial charge in [0.15, 0.2) is 0 Å². The molecule has 0 saturated heterocycles. The number of hydrogen-bond acceptors (Lipinski definition) is 3. The lowest BCUT2D eigenvalue weighted by Crippen LogP contribution is -2.34. The monoisotopic (exact) mass is 731 g/mol. The van der Waals surface area contributed by atoms with Crippen molar-refractivity contribution in [3.8, 4) is 22.3 Å². The van der Waals surface area contributed by atoms with Crippen molar-refractivity contribution in [3.63, 3.8) is 0 Å². The van der Waals surface area contributed by atoms with Crippen molar-refractivity contribution in [1.82, 2.24) is 9.88 Å². The molecule has 1 aliphatic carbocycles. The van der Waals surface area contributed by atoms with Crippen LogP contribution in [0.25, 0.3) is 82.5 Å². The standard InChI is InChI=1S/C53H37N3O/c1-53(2)44-26-24-37(34-22-20-33(21-23-34)32-12-4-3-5-13-32)29-43(44)50-49(53)52(55-51(54-50)38-25-27-48-42(30-38)40-17-9-11-19-47(40)57-48)56-45-18-10-8-16-39(45)41-28-35-14-6-7-15-36(35)31-46(41)56/h3-31,51,54H,1-2H3. The Labute approximate surface area is 330 Å². The fourth-order valence-electron chi connectivity index (χ4n) is 9.56. The first kappa shape index (κ1) is 32.1. The van der Waals surface area contributed by atoms with Crippen LogP contribution in [0, 0.1) is 0 Å². The molecule has 12 rings (SSSR count). The third-order valence-electron chi connectivity index (χ3n) is 12.4. The summed E-state index contributed by atoms with van der Waals surface area (Å²) in [6.07, 6.45) is -0.343. The molecule has 10 aromatic rings. The maximum atomic E-state index is 6.27. The molecule has 8 aromatic carbocycles. The number of benzene rings is 8. The van der Waals surface area contributed by atoms with Crippen LogP contribution in [-0.2, 0) is 5.41 Å². The average molecular weight is 732 g/mol. The molecule has 0 saturated carbocycles. The Kier molecular flexibility index (Phi) is 6.71. The van der Waals surface area contributed by atoms with Gasteiger partial charge in [-0.3, -0.25) is 4.57 Å². The first-order valence-corrected chi connectivity index (χ1v) is 19.7. The maximum absolute atomic E-state index is 6.27. The van der Waals surface area contributed by atoms with Crippen LogP contribution in [0.1, 0.15) is 36.7 Å². The van der Waals surface area contributed by atoms with Crippen LogP contribution >= 0.6 is 0 Å². The summed E-state index contributed by atoms with van der Waals surface area (Å²) in [5, 5.41) is 11.1. The van der Waals surface area contributed by atoms with Crippen molar-refractivity contribution in [2.75, 3.05) is 0 Å². The van der Waals surface area contributed by atoms with Crippen LogP contribution in [0.2, 0.25) is 0 Å². The van der Waals surface area contributed by atoms with Crippen LogP contribution < -0.4 is 5.32 Å². The first-order chi connectivity index (χ1) is 28.0. The normalized spacial score (nSPS) is 16.0. The second-order valence-corrected chi connectivity index (χ2v) is 16.0. The highest BCUT2D eigenvalue weighted by Gasteiger charge is 2.44. The lowest BCUT2D eigenvalue weighted by atomic mass is 9.80. The molecule has 2 aromatic heterocycles. The predicted molar refractivity (Wildman–Crippen MR) is 237 cm³/mol. The lowest BCUT2D eigenvalue weighted by Gasteiger charge is -2.32. The second kappa shape index (κ2) is 11.9. The van der Waals surface area contributed by atoms with E-state index in [0.29, 0.717) is 0 Å². The molecule has 0 bridgehead atoms. The highest BCUT2D eigenvalue weighted by molar-refractivity contribution is 6.23. The van der Waals surface area contributed by atoms with Crippen LogP contribution in [0.3, 0.4) is 0 Å². The number of furan rings is 1. The van der Waals surface area contributed by atoms with Crippen molar-refractivity contribution in [3.05, 3.63) is 198 Å². The summed E-state index contributed by atoms with van der Waals surface area (Å²) < 4.78 is 8.70. The van der Waals surface area contributed by atoms with Crippen LogP contribution in [-0.4, -0.2) is 10.4 Å². The molecule has 57 heavy (non-hydrogen) atoms. The van der Waals surface area contributed by atoms with E-state index in [1.165, 1.54) is 60.5 Å². The molecule has 0 fully saturated rings. The molecule has 0 amide bonds. The Morgan fingerprint density at radius 2 is 1.18 bits per heavy atom. The van der Waals surface area contributed by atoms with Crippen LogP contribution in [0.4, 0.5) is 0 Å². The highest BCUT2D eigenvalue weighted by atomic mass is 16.3. The summed E-state index contributed by atoms with van der Waals surface area (Å²) in [5.74, 6) is 0.974. The fraction of sp³-hybridized carbons (Fsp3) is 0.0755. The van der Waals surface area contributed by atoms with Gasteiger partial charge in [0.2, 0.25) is 0 Å². The van der Waals surface area contributed by atoms with Gasteiger partial charge < -0.3 is 9.73 Å². The van der Waals surface area contributed by atoms with Crippen molar-refractivity contribution in [2.45, 2.75) is 25.4 Å². The molecule has 3 heterocycles. The summed E-state index contributed by atoms with van der Waals surface area (Å²) in [6.45, 7) is 4.71. The summed E-state index contributed by atoms with van der Waals surface area (Å²) in [7, 11) is 0. The molecule has 270 valence electrons. The number of para-hydroxylation sites is 2. The van der Waals surface area contributed by atoms with E-state index in [-0.39, 0.29) is 11.6 Å². The Bertz CT molecular complexity index is 3340. The summed E-state index contributed by atoms with van der Waals surface area (Å²) in [5.41, 5.74) is 14.5. The van der Waals surface area contributed by atoms with Crippen molar-refractivity contribution < 1.29 is 4.42 Å². The number of aliphatic imine (C=N–C) groups is 1. The minimum Gasteiger partial charge on any atom is -0.456 e. The molecule has 1 aliphatic heterocycles. The number of allylic oxidation sites excluding steroid dienone is 1. The Morgan fingerprint density at radius 3 is 2.00 bits per heavy atom. The number of aromatic nitrogens is 1. The minimum absolute atomic E-state index is 0.337. The van der Waals surface area contributed by atoms with Gasteiger partial charge in [0, 0.05) is 38.1 Å². The van der Waals surface area contributed by atoms with E-state index >= 15 is 0 Å². The van der Waals surface area contributed by atoms with E-state index in [1.54, 1.807) is 0 Å². The van der Waals surface area contributed by atoms with Gasteiger partial charge in [0.1, 0.15) is 23.2 Å². The van der Waals surface area contributed by atoms with E-state index in [9.17, 15) is 0 Å². The second-order valence-electron chi connectivity index (χ2n) is 16.0. The Morgan fingerprint density at radius 1 is 0.526 bits per heavy atom. The van der Waals surface area contributed by atoms with Gasteiger partial charge in [-0.2, -0.15) is 0 Å². The average Bonchev–Trinajstić information content (AvgIpc) is 3.87. The topological polar surface area (TPSA) is 42.5 Å². The summed E-state index contributed by atoms with van der Waals surface area (Å²) in [4.78, 5) is 5.77. The van der Waals surface area contributed by atoms with E-state index < -0.39 is 0 Å². The summed E-state index contributed by atoms with van der Waals surface area (Å²) >= 11 is 0. The number of rotatable bonds is 3. The highest BCUT2D eigenvalue weighted by Crippen LogP contribution is 2.51. The van der Waals surface area contributed by atoms with Gasteiger partial charge >= 0.3 is 0 Å². The van der Waals surface area contributed by atoms with E-state index in [1.807, 2.05) is 12.1 Å². The third kappa shape index (κ3) is 4.77. The first-order valence-electron chi connectivity index (χ1n) is 19.7. The molecular weight excluding hydrogens is 695 g/mol. The van der Waals surface area contributed by atoms with E-state index in [0.717, 1.165) is 50.1 Å². The molecule has 2 aliphatic rings. The minimum atomic E-state index is -0.343. The van der Waals surface area contributed by atoms with Crippen molar-refractivity contribution >= 4 is 66.0 Å². The predicted octanol–water partition coefficient (Wildman–Crippen LogP) is 13.4. The van der Waals surface area contributed by atoms with Crippen molar-refractivity contribution in [1.29, 1.82) is 0 Å². The third-order valence-corrected chi connectivity index (χ3v) is 12.4. The SMILES string of the molecule is CC1(C)C2=C(NC(c3ccc4oc5ccccc5c4c3)N=C2n2c3ccccc3c3cc4ccccc4cc32)c2cc(-c3ccc(-c4ccccc4)cc3)ccc21. The van der Waals surface area contributed by atoms with Crippen LogP contribution in [0.5, 0.6) is 0 Å². The fourth-order valence-corrected chi connectivity index (χ4v) is 9.56. The zero-order valence-electron chi connectivity index (χ0n) is 31.6. The van der Waals surface area contributed by atoms with E-state index in [4.69, 9.17) is 9.41 Å². The Balaban J connectivity index is 1.09.